The van der Waals surface area contributed by atoms with E-state index in [4.69, 9.17) is 4.74 Å². The summed E-state index contributed by atoms with van der Waals surface area (Å²) in [6.07, 6.45) is 1.19. The van der Waals surface area contributed by atoms with Gasteiger partial charge in [-0.1, -0.05) is 12.1 Å². The number of morpholine rings is 1. The summed E-state index contributed by atoms with van der Waals surface area (Å²) in [6, 6.07) is 10.9. The number of anilines is 2. The van der Waals surface area contributed by atoms with Crippen LogP contribution in [0.3, 0.4) is 0 Å². The summed E-state index contributed by atoms with van der Waals surface area (Å²) in [4.78, 5) is 14.4. The van der Waals surface area contributed by atoms with Gasteiger partial charge in [0.1, 0.15) is 5.82 Å². The SMILES string of the molecule is CC1CN(c2ccc(NC(=O)c3ccc(CS(C)(=O)=O)cc3)cc2F)CC(C)O1. The molecule has 2 aromatic rings. The second kappa shape index (κ2) is 8.51. The molecule has 1 saturated heterocycles. The average molecular weight is 421 g/mol. The van der Waals surface area contributed by atoms with Crippen molar-refractivity contribution in [2.24, 2.45) is 0 Å². The first-order valence-corrected chi connectivity index (χ1v) is 11.4. The van der Waals surface area contributed by atoms with Gasteiger partial charge in [0.05, 0.1) is 23.6 Å². The predicted octanol–water partition coefficient (Wildman–Crippen LogP) is 3.24. The van der Waals surface area contributed by atoms with Crippen molar-refractivity contribution in [2.45, 2.75) is 31.8 Å². The molecule has 1 aliphatic heterocycles. The third-order valence-electron chi connectivity index (χ3n) is 4.61. The molecule has 1 fully saturated rings. The number of halogens is 1. The quantitative estimate of drug-likeness (QED) is 0.804. The van der Waals surface area contributed by atoms with Gasteiger partial charge in [0.25, 0.3) is 5.91 Å². The third kappa shape index (κ3) is 5.77. The molecule has 0 saturated carbocycles. The van der Waals surface area contributed by atoms with Gasteiger partial charge in [0.15, 0.2) is 9.84 Å². The van der Waals surface area contributed by atoms with Crippen molar-refractivity contribution in [1.29, 1.82) is 0 Å². The van der Waals surface area contributed by atoms with Crippen molar-refractivity contribution in [2.75, 3.05) is 29.6 Å². The fourth-order valence-electron chi connectivity index (χ4n) is 3.47. The van der Waals surface area contributed by atoms with Crippen LogP contribution in [-0.2, 0) is 20.3 Å². The monoisotopic (exact) mass is 420 g/mol. The summed E-state index contributed by atoms with van der Waals surface area (Å²) >= 11 is 0. The number of ether oxygens (including phenoxy) is 1. The van der Waals surface area contributed by atoms with Crippen molar-refractivity contribution < 1.29 is 22.3 Å². The smallest absolute Gasteiger partial charge is 0.255 e. The van der Waals surface area contributed by atoms with E-state index in [2.05, 4.69) is 5.32 Å². The van der Waals surface area contributed by atoms with E-state index in [0.717, 1.165) is 6.26 Å². The van der Waals surface area contributed by atoms with Crippen LogP contribution in [0.15, 0.2) is 42.5 Å². The Morgan fingerprint density at radius 3 is 2.31 bits per heavy atom. The Hall–Kier alpha value is -2.45. The van der Waals surface area contributed by atoms with E-state index in [1.54, 1.807) is 36.4 Å². The van der Waals surface area contributed by atoms with Crippen molar-refractivity contribution >= 4 is 27.1 Å². The zero-order valence-electron chi connectivity index (χ0n) is 16.7. The van der Waals surface area contributed by atoms with Crippen LogP contribution in [-0.4, -0.2) is 45.9 Å². The lowest BCUT2D eigenvalue weighted by atomic mass is 10.1. The number of hydrogen-bond donors (Lipinski definition) is 1. The summed E-state index contributed by atoms with van der Waals surface area (Å²) in [5, 5.41) is 2.67. The van der Waals surface area contributed by atoms with E-state index in [9.17, 15) is 17.6 Å². The van der Waals surface area contributed by atoms with Gasteiger partial charge in [-0.15, -0.1) is 0 Å². The van der Waals surface area contributed by atoms with Gasteiger partial charge < -0.3 is 15.0 Å². The van der Waals surface area contributed by atoms with Gasteiger partial charge in [0.2, 0.25) is 0 Å². The fourth-order valence-corrected chi connectivity index (χ4v) is 4.27. The van der Waals surface area contributed by atoms with Crippen LogP contribution in [0.2, 0.25) is 0 Å². The van der Waals surface area contributed by atoms with E-state index in [1.165, 1.54) is 6.07 Å². The fraction of sp³-hybridized carbons (Fsp3) is 0.381. The molecule has 0 bridgehead atoms. The van der Waals surface area contributed by atoms with E-state index in [1.807, 2.05) is 18.7 Å². The Morgan fingerprint density at radius 1 is 1.14 bits per heavy atom. The molecule has 1 N–H and O–H groups in total. The molecule has 0 aliphatic carbocycles. The Kier molecular flexibility index (Phi) is 6.24. The highest BCUT2D eigenvalue weighted by Gasteiger charge is 2.24. The van der Waals surface area contributed by atoms with Crippen molar-refractivity contribution in [3.05, 3.63) is 59.4 Å². The Balaban J connectivity index is 1.69. The van der Waals surface area contributed by atoms with Crippen LogP contribution < -0.4 is 10.2 Å². The molecule has 29 heavy (non-hydrogen) atoms. The topological polar surface area (TPSA) is 75.7 Å². The first-order valence-electron chi connectivity index (χ1n) is 9.38. The zero-order valence-corrected chi connectivity index (χ0v) is 17.5. The van der Waals surface area contributed by atoms with Crippen molar-refractivity contribution in [3.8, 4) is 0 Å². The van der Waals surface area contributed by atoms with E-state index >= 15 is 0 Å². The van der Waals surface area contributed by atoms with Gasteiger partial charge in [-0.2, -0.15) is 0 Å². The summed E-state index contributed by atoms with van der Waals surface area (Å²) < 4.78 is 43.0. The second-order valence-corrected chi connectivity index (χ2v) is 9.69. The van der Waals surface area contributed by atoms with Gasteiger partial charge in [-0.05, 0) is 49.7 Å². The van der Waals surface area contributed by atoms with Crippen LogP contribution in [0.1, 0.15) is 29.8 Å². The van der Waals surface area contributed by atoms with E-state index in [-0.39, 0.29) is 18.0 Å². The first-order chi connectivity index (χ1) is 13.6. The van der Waals surface area contributed by atoms with Crippen LogP contribution in [0.5, 0.6) is 0 Å². The molecule has 1 aliphatic rings. The second-order valence-electron chi connectivity index (χ2n) is 7.55. The molecule has 8 heteroatoms. The molecule has 3 rings (SSSR count). The molecule has 2 unspecified atom stereocenters. The minimum atomic E-state index is -3.14. The van der Waals surface area contributed by atoms with Crippen LogP contribution in [0.4, 0.5) is 15.8 Å². The molecule has 0 spiro atoms. The van der Waals surface area contributed by atoms with Gasteiger partial charge in [0, 0.05) is 30.6 Å². The van der Waals surface area contributed by atoms with Crippen LogP contribution in [0, 0.1) is 5.82 Å². The Morgan fingerprint density at radius 2 is 1.76 bits per heavy atom. The molecule has 6 nitrogen and oxygen atoms in total. The number of nitrogens with one attached hydrogen (secondary N) is 1. The number of sulfone groups is 1. The van der Waals surface area contributed by atoms with E-state index < -0.39 is 21.6 Å². The zero-order chi connectivity index (χ0) is 21.2. The molecular weight excluding hydrogens is 395 g/mol. The summed E-state index contributed by atoms with van der Waals surface area (Å²) in [5.74, 6) is -0.885. The lowest BCUT2D eigenvalue weighted by Crippen LogP contribution is -2.45. The number of carbonyl (C=O) groups is 1. The average Bonchev–Trinajstić information content (AvgIpc) is 2.60. The summed E-state index contributed by atoms with van der Waals surface area (Å²) in [7, 11) is -3.14. The predicted molar refractivity (Wildman–Crippen MR) is 112 cm³/mol. The first kappa shape index (κ1) is 21.3. The maximum absolute atomic E-state index is 14.7. The summed E-state index contributed by atoms with van der Waals surface area (Å²) in [5.41, 5.74) is 1.80. The van der Waals surface area contributed by atoms with Gasteiger partial charge >= 0.3 is 0 Å². The molecule has 2 aromatic carbocycles. The highest BCUT2D eigenvalue weighted by molar-refractivity contribution is 7.89. The van der Waals surface area contributed by atoms with Crippen molar-refractivity contribution in [3.63, 3.8) is 0 Å². The molecule has 0 radical (unpaired) electrons. The minimum absolute atomic E-state index is 0.0168. The third-order valence-corrected chi connectivity index (χ3v) is 5.47. The lowest BCUT2D eigenvalue weighted by molar-refractivity contribution is -0.00539. The molecule has 0 aromatic heterocycles. The van der Waals surface area contributed by atoms with E-state index in [0.29, 0.717) is 35.6 Å². The minimum Gasteiger partial charge on any atom is -0.372 e. The van der Waals surface area contributed by atoms with Crippen LogP contribution in [0.25, 0.3) is 0 Å². The largest absolute Gasteiger partial charge is 0.372 e. The normalized spacial score (nSPS) is 19.8. The molecule has 1 amide bonds. The number of carbonyl (C=O) groups excluding carboxylic acids is 1. The number of benzene rings is 2. The number of hydrogen-bond acceptors (Lipinski definition) is 5. The lowest BCUT2D eigenvalue weighted by Gasteiger charge is -2.37. The highest BCUT2D eigenvalue weighted by Crippen LogP contribution is 2.26. The molecular formula is C21H25FN2O4S. The number of nitrogens with zero attached hydrogens (tertiary/aromatic N) is 1. The molecule has 1 heterocycles. The standard InChI is InChI=1S/C21H25FN2O4S/c1-14-11-24(12-15(2)28-14)20-9-8-18(10-19(20)22)23-21(25)17-6-4-16(5-7-17)13-29(3,26)27/h4-10,14-15H,11-13H2,1-3H3,(H,23,25). The highest BCUT2D eigenvalue weighted by atomic mass is 32.2. The molecule has 2 atom stereocenters. The maximum atomic E-state index is 14.7. The number of amides is 1. The summed E-state index contributed by atoms with van der Waals surface area (Å²) in [6.45, 7) is 5.12. The Bertz CT molecular complexity index is 982. The van der Waals surface area contributed by atoms with Gasteiger partial charge in [-0.3, -0.25) is 4.79 Å². The Labute approximate surface area is 170 Å². The van der Waals surface area contributed by atoms with Gasteiger partial charge in [-0.25, -0.2) is 12.8 Å². The van der Waals surface area contributed by atoms with Crippen molar-refractivity contribution in [1.82, 2.24) is 0 Å². The molecule has 156 valence electrons. The number of rotatable bonds is 5. The maximum Gasteiger partial charge on any atom is 0.255 e. The van der Waals surface area contributed by atoms with Crippen LogP contribution >= 0.6 is 0 Å².